The van der Waals surface area contributed by atoms with Crippen molar-refractivity contribution in [2.24, 2.45) is 0 Å². The van der Waals surface area contributed by atoms with Gasteiger partial charge in [0, 0.05) is 18.9 Å². The van der Waals surface area contributed by atoms with Gasteiger partial charge in [-0.3, -0.25) is 0 Å². The van der Waals surface area contributed by atoms with Crippen molar-refractivity contribution >= 4 is 0 Å². The normalized spacial score (nSPS) is 13.1. The van der Waals surface area contributed by atoms with Crippen LogP contribution in [-0.2, 0) is 6.54 Å². The summed E-state index contributed by atoms with van der Waals surface area (Å²) in [7, 11) is 0. The molecule has 0 saturated carbocycles. The molecule has 0 unspecified atom stereocenters. The summed E-state index contributed by atoms with van der Waals surface area (Å²) in [6.45, 7) is 3.12. The van der Waals surface area contributed by atoms with Crippen LogP contribution >= 0.6 is 0 Å². The van der Waals surface area contributed by atoms with E-state index in [2.05, 4.69) is 9.55 Å². The second-order valence-electron chi connectivity index (χ2n) is 3.79. The Bertz CT molecular complexity index is 519. The first kappa shape index (κ1) is 9.27. The highest BCUT2D eigenvalue weighted by molar-refractivity contribution is 5.44. The minimum Gasteiger partial charge on any atom is -0.454 e. The Hall–Kier alpha value is -1.97. The molecule has 4 heteroatoms. The summed E-state index contributed by atoms with van der Waals surface area (Å²) in [6, 6.07) is 6.01. The van der Waals surface area contributed by atoms with Gasteiger partial charge < -0.3 is 14.0 Å². The predicted molar refractivity (Wildman–Crippen MR) is 58.6 cm³/mol. The van der Waals surface area contributed by atoms with E-state index < -0.39 is 0 Å². The molecule has 0 saturated heterocycles. The molecule has 0 spiro atoms. The highest BCUT2D eigenvalue weighted by Gasteiger charge is 2.13. The van der Waals surface area contributed by atoms with Gasteiger partial charge >= 0.3 is 0 Å². The van der Waals surface area contributed by atoms with Crippen molar-refractivity contribution in [1.82, 2.24) is 9.55 Å². The van der Waals surface area contributed by atoms with Crippen molar-refractivity contribution in [2.75, 3.05) is 6.79 Å². The first-order chi connectivity index (χ1) is 7.83. The van der Waals surface area contributed by atoms with Gasteiger partial charge in [0.05, 0.1) is 0 Å². The number of hydrogen-bond acceptors (Lipinski definition) is 3. The summed E-state index contributed by atoms with van der Waals surface area (Å²) in [5.41, 5.74) is 1.19. The Labute approximate surface area is 93.4 Å². The van der Waals surface area contributed by atoms with Crippen molar-refractivity contribution in [3.05, 3.63) is 42.0 Å². The molecule has 1 aliphatic heterocycles. The van der Waals surface area contributed by atoms with Crippen molar-refractivity contribution in [3.8, 4) is 11.5 Å². The SMILES string of the molecule is Cc1nccn1Cc1ccc2c(c1)OCO2. The lowest BCUT2D eigenvalue weighted by molar-refractivity contribution is 0.174. The van der Waals surface area contributed by atoms with Crippen molar-refractivity contribution in [1.29, 1.82) is 0 Å². The monoisotopic (exact) mass is 216 g/mol. The maximum absolute atomic E-state index is 5.34. The standard InChI is InChI=1S/C12H12N2O2/c1-9-13-4-5-14(9)7-10-2-3-11-12(6-10)16-8-15-11/h2-6H,7-8H2,1H3. The van der Waals surface area contributed by atoms with Gasteiger partial charge in [-0.1, -0.05) is 6.07 Å². The first-order valence-corrected chi connectivity index (χ1v) is 5.19. The van der Waals surface area contributed by atoms with E-state index in [0.29, 0.717) is 6.79 Å². The van der Waals surface area contributed by atoms with Gasteiger partial charge in [0.25, 0.3) is 0 Å². The Kier molecular flexibility index (Phi) is 2.06. The summed E-state index contributed by atoms with van der Waals surface area (Å²) in [6.07, 6.45) is 3.78. The van der Waals surface area contributed by atoms with Gasteiger partial charge in [-0.2, -0.15) is 0 Å². The fourth-order valence-corrected chi connectivity index (χ4v) is 1.81. The highest BCUT2D eigenvalue weighted by atomic mass is 16.7. The third-order valence-corrected chi connectivity index (χ3v) is 2.71. The lowest BCUT2D eigenvalue weighted by Gasteiger charge is -2.05. The molecule has 2 heterocycles. The Morgan fingerprint density at radius 3 is 3.00 bits per heavy atom. The fraction of sp³-hybridized carbons (Fsp3) is 0.250. The van der Waals surface area contributed by atoms with Crippen LogP contribution in [0.5, 0.6) is 11.5 Å². The van der Waals surface area contributed by atoms with E-state index in [1.807, 2.05) is 37.5 Å². The van der Waals surface area contributed by atoms with Crippen molar-refractivity contribution in [2.45, 2.75) is 13.5 Å². The van der Waals surface area contributed by atoms with Gasteiger partial charge in [-0.15, -0.1) is 0 Å². The molecule has 0 amide bonds. The molecule has 0 radical (unpaired) electrons. The number of ether oxygens (including phenoxy) is 2. The van der Waals surface area contributed by atoms with Crippen LogP contribution in [0.2, 0.25) is 0 Å². The van der Waals surface area contributed by atoms with Crippen LogP contribution < -0.4 is 9.47 Å². The third-order valence-electron chi connectivity index (χ3n) is 2.71. The summed E-state index contributed by atoms with van der Waals surface area (Å²) in [5.74, 6) is 2.67. The van der Waals surface area contributed by atoms with E-state index in [4.69, 9.17) is 9.47 Å². The van der Waals surface area contributed by atoms with E-state index in [1.165, 1.54) is 5.56 Å². The van der Waals surface area contributed by atoms with Gasteiger partial charge in [-0.25, -0.2) is 4.98 Å². The summed E-state index contributed by atoms with van der Waals surface area (Å²) >= 11 is 0. The lowest BCUT2D eigenvalue weighted by Crippen LogP contribution is -2.00. The maximum Gasteiger partial charge on any atom is 0.231 e. The molecule has 1 aromatic heterocycles. The predicted octanol–water partition coefficient (Wildman–Crippen LogP) is 1.97. The maximum atomic E-state index is 5.34. The molecule has 0 bridgehead atoms. The van der Waals surface area contributed by atoms with Crippen LogP contribution in [0.15, 0.2) is 30.6 Å². The highest BCUT2D eigenvalue weighted by Crippen LogP contribution is 2.32. The van der Waals surface area contributed by atoms with Crippen LogP contribution in [0.25, 0.3) is 0 Å². The van der Waals surface area contributed by atoms with Crippen LogP contribution in [0.1, 0.15) is 11.4 Å². The smallest absolute Gasteiger partial charge is 0.231 e. The van der Waals surface area contributed by atoms with Crippen LogP contribution in [0, 0.1) is 6.92 Å². The minimum atomic E-state index is 0.322. The van der Waals surface area contributed by atoms with Gasteiger partial charge in [0.15, 0.2) is 11.5 Å². The third kappa shape index (κ3) is 1.52. The number of rotatable bonds is 2. The van der Waals surface area contributed by atoms with Gasteiger partial charge in [0.1, 0.15) is 5.82 Å². The van der Waals surface area contributed by atoms with Crippen LogP contribution in [0.3, 0.4) is 0 Å². The number of aromatic nitrogens is 2. The largest absolute Gasteiger partial charge is 0.454 e. The molecule has 0 aliphatic carbocycles. The summed E-state index contributed by atoms with van der Waals surface area (Å²) in [5, 5.41) is 0. The Balaban J connectivity index is 1.88. The molecule has 4 nitrogen and oxygen atoms in total. The molecule has 0 N–H and O–H groups in total. The number of aryl methyl sites for hydroxylation is 1. The van der Waals surface area contributed by atoms with Crippen LogP contribution in [0.4, 0.5) is 0 Å². The van der Waals surface area contributed by atoms with E-state index in [0.717, 1.165) is 23.9 Å². The summed E-state index contributed by atoms with van der Waals surface area (Å²) < 4.78 is 12.7. The second kappa shape index (κ2) is 3.56. The molecular weight excluding hydrogens is 204 g/mol. The average molecular weight is 216 g/mol. The molecule has 1 aliphatic rings. The van der Waals surface area contributed by atoms with E-state index in [9.17, 15) is 0 Å². The number of nitrogens with zero attached hydrogens (tertiary/aromatic N) is 2. The Morgan fingerprint density at radius 2 is 2.19 bits per heavy atom. The molecule has 0 atom stereocenters. The average Bonchev–Trinajstić information content (AvgIpc) is 2.88. The van der Waals surface area contributed by atoms with E-state index in [1.54, 1.807) is 0 Å². The molecule has 1 aromatic carbocycles. The summed E-state index contributed by atoms with van der Waals surface area (Å²) in [4.78, 5) is 4.19. The van der Waals surface area contributed by atoms with Gasteiger partial charge in [0.2, 0.25) is 6.79 Å². The molecule has 0 fully saturated rings. The van der Waals surface area contributed by atoms with Crippen molar-refractivity contribution < 1.29 is 9.47 Å². The molecular formula is C12H12N2O2. The number of imidazole rings is 1. The zero-order valence-electron chi connectivity index (χ0n) is 9.01. The molecule has 16 heavy (non-hydrogen) atoms. The minimum absolute atomic E-state index is 0.322. The topological polar surface area (TPSA) is 36.3 Å². The van der Waals surface area contributed by atoms with E-state index in [-0.39, 0.29) is 0 Å². The van der Waals surface area contributed by atoms with Gasteiger partial charge in [-0.05, 0) is 24.6 Å². The lowest BCUT2D eigenvalue weighted by atomic mass is 10.2. The van der Waals surface area contributed by atoms with Crippen LogP contribution in [-0.4, -0.2) is 16.3 Å². The zero-order chi connectivity index (χ0) is 11.0. The zero-order valence-corrected chi connectivity index (χ0v) is 9.01. The number of hydrogen-bond donors (Lipinski definition) is 0. The Morgan fingerprint density at radius 1 is 1.31 bits per heavy atom. The first-order valence-electron chi connectivity index (χ1n) is 5.19. The number of fused-ring (bicyclic) bond motifs is 1. The molecule has 2 aromatic rings. The second-order valence-corrected chi connectivity index (χ2v) is 3.79. The van der Waals surface area contributed by atoms with E-state index >= 15 is 0 Å². The quantitative estimate of drug-likeness (QED) is 0.770. The fourth-order valence-electron chi connectivity index (χ4n) is 1.81. The molecule has 82 valence electrons. The van der Waals surface area contributed by atoms with Crippen molar-refractivity contribution in [3.63, 3.8) is 0 Å². The number of benzene rings is 1. The molecule has 3 rings (SSSR count).